The summed E-state index contributed by atoms with van der Waals surface area (Å²) in [5, 5.41) is 0. The van der Waals surface area contributed by atoms with Crippen LogP contribution in [0.4, 0.5) is 0 Å². The van der Waals surface area contributed by atoms with Gasteiger partial charge in [-0.05, 0) is 0 Å². The standard InChI is InChI=1S/C5H8N/c1-4-5(2)6(4)3/h3H2,1-2H3/q+1. The van der Waals surface area contributed by atoms with E-state index < -0.39 is 0 Å². The molecular formula is C5H8N+. The van der Waals surface area contributed by atoms with E-state index in [1.165, 1.54) is 11.4 Å². The van der Waals surface area contributed by atoms with Gasteiger partial charge in [0.1, 0.15) is 6.72 Å². The molecule has 0 amide bonds. The maximum atomic E-state index is 3.67. The van der Waals surface area contributed by atoms with E-state index in [-0.39, 0.29) is 0 Å². The van der Waals surface area contributed by atoms with Crippen LogP contribution in [0.3, 0.4) is 0 Å². The van der Waals surface area contributed by atoms with Crippen molar-refractivity contribution in [2.45, 2.75) is 13.8 Å². The third-order valence-corrected chi connectivity index (χ3v) is 1.28. The van der Waals surface area contributed by atoms with Crippen molar-refractivity contribution in [3.05, 3.63) is 11.4 Å². The van der Waals surface area contributed by atoms with Crippen LogP contribution in [0.1, 0.15) is 13.8 Å². The fourth-order valence-corrected chi connectivity index (χ4v) is 0.417. The molecule has 0 saturated carbocycles. The van der Waals surface area contributed by atoms with Crippen molar-refractivity contribution in [3.63, 3.8) is 0 Å². The minimum Gasteiger partial charge on any atom is -0.164 e. The van der Waals surface area contributed by atoms with Gasteiger partial charge >= 0.3 is 0 Å². The van der Waals surface area contributed by atoms with Gasteiger partial charge in [-0.3, -0.25) is 0 Å². The van der Waals surface area contributed by atoms with Gasteiger partial charge in [0.2, 0.25) is 0 Å². The van der Waals surface area contributed by atoms with E-state index in [9.17, 15) is 0 Å². The maximum Gasteiger partial charge on any atom is 0.250 e. The summed E-state index contributed by atoms with van der Waals surface area (Å²) in [6.45, 7) is 7.79. The second-order valence-electron chi connectivity index (χ2n) is 1.60. The molecule has 1 rings (SSSR count). The first kappa shape index (κ1) is 3.59. The molecule has 0 spiro atoms. The second kappa shape index (κ2) is 0.725. The molecule has 1 aliphatic heterocycles. The largest absolute Gasteiger partial charge is 0.250 e. The number of hydrogen-bond acceptors (Lipinski definition) is 0. The highest BCUT2D eigenvalue weighted by Gasteiger charge is 2.30. The van der Waals surface area contributed by atoms with E-state index in [2.05, 4.69) is 20.6 Å². The van der Waals surface area contributed by atoms with Gasteiger partial charge in [-0.25, -0.2) is 0 Å². The van der Waals surface area contributed by atoms with Crippen LogP contribution in [0, 0.1) is 0 Å². The molecule has 0 saturated heterocycles. The zero-order valence-electron chi connectivity index (χ0n) is 4.15. The van der Waals surface area contributed by atoms with Gasteiger partial charge in [0.15, 0.2) is 0 Å². The van der Waals surface area contributed by atoms with E-state index in [4.69, 9.17) is 0 Å². The average Bonchev–Trinajstić information content (AvgIpc) is 1.94. The van der Waals surface area contributed by atoms with Crippen molar-refractivity contribution in [2.75, 3.05) is 0 Å². The molecule has 0 aromatic rings. The van der Waals surface area contributed by atoms with E-state index in [0.29, 0.717) is 0 Å². The van der Waals surface area contributed by atoms with E-state index in [1.54, 1.807) is 0 Å². The summed E-state index contributed by atoms with van der Waals surface area (Å²) in [6.07, 6.45) is 0. The fraction of sp³-hybridized carbons (Fsp3) is 0.400. The molecule has 0 unspecified atom stereocenters. The smallest absolute Gasteiger partial charge is 0.164 e. The van der Waals surface area contributed by atoms with Crippen LogP contribution in [-0.2, 0) is 0 Å². The van der Waals surface area contributed by atoms with Crippen LogP contribution in [0.2, 0.25) is 0 Å². The fourth-order valence-electron chi connectivity index (χ4n) is 0.417. The van der Waals surface area contributed by atoms with E-state index in [0.717, 1.165) is 0 Å². The van der Waals surface area contributed by atoms with Crippen molar-refractivity contribution < 1.29 is 4.58 Å². The van der Waals surface area contributed by atoms with Gasteiger partial charge in [-0.1, -0.05) is 0 Å². The second-order valence-corrected chi connectivity index (χ2v) is 1.60. The van der Waals surface area contributed by atoms with Gasteiger partial charge in [0, 0.05) is 13.8 Å². The van der Waals surface area contributed by atoms with Gasteiger partial charge in [-0.2, -0.15) is 4.58 Å². The lowest BCUT2D eigenvalue weighted by Gasteiger charge is -1.54. The van der Waals surface area contributed by atoms with Gasteiger partial charge in [0.25, 0.3) is 11.4 Å². The predicted molar refractivity (Wildman–Crippen MR) is 25.8 cm³/mol. The third-order valence-electron chi connectivity index (χ3n) is 1.28. The molecule has 6 heavy (non-hydrogen) atoms. The van der Waals surface area contributed by atoms with Crippen LogP contribution in [0.5, 0.6) is 0 Å². The van der Waals surface area contributed by atoms with E-state index in [1.807, 2.05) is 4.58 Å². The Hall–Kier alpha value is -0.590. The van der Waals surface area contributed by atoms with Crippen molar-refractivity contribution in [3.8, 4) is 0 Å². The Labute approximate surface area is 37.6 Å². The zero-order valence-corrected chi connectivity index (χ0v) is 4.15. The van der Waals surface area contributed by atoms with Crippen molar-refractivity contribution in [1.29, 1.82) is 0 Å². The lowest BCUT2D eigenvalue weighted by atomic mass is 10.6. The highest BCUT2D eigenvalue weighted by molar-refractivity contribution is 5.26. The number of rotatable bonds is 0. The zero-order chi connectivity index (χ0) is 4.73. The average molecular weight is 82.1 g/mol. The van der Waals surface area contributed by atoms with Gasteiger partial charge < -0.3 is 0 Å². The van der Waals surface area contributed by atoms with Crippen LogP contribution in [0.15, 0.2) is 11.4 Å². The van der Waals surface area contributed by atoms with Crippen molar-refractivity contribution in [2.24, 2.45) is 0 Å². The molecule has 0 aromatic heterocycles. The molecule has 0 aliphatic carbocycles. The Morgan fingerprint density at radius 2 is 1.50 bits per heavy atom. The summed E-state index contributed by atoms with van der Waals surface area (Å²) in [6, 6.07) is 0. The SMILES string of the molecule is C=[N+]1C(C)=C1C. The molecule has 0 aromatic carbocycles. The molecule has 1 heteroatoms. The molecule has 0 atom stereocenters. The Balaban J connectivity index is 2.78. The number of allylic oxidation sites excluding steroid dienone is 2. The quantitative estimate of drug-likeness (QED) is 0.383. The molecular weight excluding hydrogens is 74.1 g/mol. The monoisotopic (exact) mass is 82.1 g/mol. The summed E-state index contributed by atoms with van der Waals surface area (Å²) in [5.74, 6) is 0. The Kier molecular flexibility index (Phi) is 0.434. The van der Waals surface area contributed by atoms with Crippen molar-refractivity contribution >= 4 is 6.72 Å². The van der Waals surface area contributed by atoms with Crippen LogP contribution >= 0.6 is 0 Å². The highest BCUT2D eigenvalue weighted by atomic mass is 15.1. The van der Waals surface area contributed by atoms with Crippen LogP contribution < -0.4 is 0 Å². The molecule has 0 bridgehead atoms. The molecule has 1 aliphatic rings. The maximum absolute atomic E-state index is 3.67. The lowest BCUT2D eigenvalue weighted by molar-refractivity contribution is -0.312. The Morgan fingerprint density at radius 3 is 1.50 bits per heavy atom. The first-order valence-corrected chi connectivity index (χ1v) is 2.01. The summed E-state index contributed by atoms with van der Waals surface area (Å²) >= 11 is 0. The topological polar surface area (TPSA) is 3.01 Å². The minimum atomic E-state index is 1.31. The molecule has 1 heterocycles. The summed E-state index contributed by atoms with van der Waals surface area (Å²) in [4.78, 5) is 0. The Bertz CT molecular complexity index is 117. The molecule has 0 radical (unpaired) electrons. The normalized spacial score (nSPS) is 19.3. The lowest BCUT2D eigenvalue weighted by Crippen LogP contribution is -1.69. The first-order valence-electron chi connectivity index (χ1n) is 2.01. The highest BCUT2D eigenvalue weighted by Crippen LogP contribution is 2.20. The number of nitrogens with zero attached hydrogens (tertiary/aromatic N) is 1. The predicted octanol–water partition coefficient (Wildman–Crippen LogP) is 0.965. The van der Waals surface area contributed by atoms with Gasteiger partial charge in [-0.15, -0.1) is 0 Å². The summed E-state index contributed by atoms with van der Waals surface area (Å²) in [5.41, 5.74) is 2.63. The van der Waals surface area contributed by atoms with Gasteiger partial charge in [0.05, 0.1) is 0 Å². The molecule has 32 valence electrons. The molecule has 0 N–H and O–H groups in total. The number of hydrogen-bond donors (Lipinski definition) is 0. The first-order chi connectivity index (χ1) is 2.73. The minimum absolute atomic E-state index is 1.31. The van der Waals surface area contributed by atoms with Crippen molar-refractivity contribution in [1.82, 2.24) is 0 Å². The third kappa shape index (κ3) is 0.224. The summed E-state index contributed by atoms with van der Waals surface area (Å²) < 4.78 is 1.92. The molecule has 0 fully saturated rings. The Morgan fingerprint density at radius 1 is 1.33 bits per heavy atom. The molecule has 1 nitrogen and oxygen atoms in total. The van der Waals surface area contributed by atoms with E-state index >= 15 is 0 Å². The summed E-state index contributed by atoms with van der Waals surface area (Å²) in [7, 11) is 0. The van der Waals surface area contributed by atoms with Crippen LogP contribution in [-0.4, -0.2) is 11.3 Å². The van der Waals surface area contributed by atoms with Crippen LogP contribution in [0.25, 0.3) is 0 Å².